The molecule has 1 saturated heterocycles. The van der Waals surface area contributed by atoms with Gasteiger partial charge in [0.05, 0.1) is 18.0 Å². The Bertz CT molecular complexity index is 803. The van der Waals surface area contributed by atoms with Gasteiger partial charge in [-0.25, -0.2) is 23.1 Å². The van der Waals surface area contributed by atoms with Crippen molar-refractivity contribution in [3.05, 3.63) is 42.4 Å². The van der Waals surface area contributed by atoms with Crippen LogP contribution in [0.4, 0.5) is 5.82 Å². The number of anilines is 1. The van der Waals surface area contributed by atoms with Gasteiger partial charge in [0.15, 0.2) is 0 Å². The molecule has 1 aromatic heterocycles. The number of nitrogens with zero attached hydrogens (tertiary/aromatic N) is 3. The molecule has 0 atom stereocenters. The molecule has 2 heterocycles. The summed E-state index contributed by atoms with van der Waals surface area (Å²) >= 11 is 0. The van der Waals surface area contributed by atoms with Crippen LogP contribution >= 0.6 is 0 Å². The van der Waals surface area contributed by atoms with Gasteiger partial charge >= 0.3 is 0 Å². The number of ether oxygens (including phenoxy) is 1. The molecule has 8 heteroatoms. The van der Waals surface area contributed by atoms with Crippen LogP contribution in [0.15, 0.2) is 41.4 Å². The molecule has 134 valence electrons. The highest BCUT2D eigenvalue weighted by Crippen LogP contribution is 2.18. The van der Waals surface area contributed by atoms with E-state index in [1.807, 2.05) is 13.0 Å². The van der Waals surface area contributed by atoms with E-state index in [-0.39, 0.29) is 11.4 Å². The average molecular weight is 362 g/mol. The van der Waals surface area contributed by atoms with Crippen molar-refractivity contribution in [1.29, 1.82) is 0 Å². The van der Waals surface area contributed by atoms with E-state index in [9.17, 15) is 8.42 Å². The molecule has 0 radical (unpaired) electrons. The highest BCUT2D eigenvalue weighted by atomic mass is 32.2. The number of nitrogens with one attached hydrogen (secondary N) is 1. The maximum atomic E-state index is 12.4. The second-order valence-corrected chi connectivity index (χ2v) is 7.52. The van der Waals surface area contributed by atoms with Crippen molar-refractivity contribution in [3.63, 3.8) is 0 Å². The largest absolute Gasteiger partial charge is 0.494 e. The summed E-state index contributed by atoms with van der Waals surface area (Å²) in [5.74, 6) is 1.95. The third kappa shape index (κ3) is 4.46. The van der Waals surface area contributed by atoms with Gasteiger partial charge in [-0.3, -0.25) is 0 Å². The van der Waals surface area contributed by atoms with Gasteiger partial charge in [0, 0.05) is 19.3 Å². The van der Waals surface area contributed by atoms with Crippen LogP contribution < -0.4 is 14.4 Å². The first-order valence-corrected chi connectivity index (χ1v) is 9.86. The number of hydrogen-bond acceptors (Lipinski definition) is 6. The summed E-state index contributed by atoms with van der Waals surface area (Å²) in [6.07, 6.45) is 3.98. The van der Waals surface area contributed by atoms with Crippen molar-refractivity contribution in [3.8, 4) is 5.75 Å². The van der Waals surface area contributed by atoms with E-state index in [1.54, 1.807) is 18.3 Å². The van der Waals surface area contributed by atoms with Crippen LogP contribution in [-0.2, 0) is 16.6 Å². The standard InChI is InChI=1S/C17H22N4O3S/c1-2-24-14-5-7-15(8-6-14)25(22,23)19-13-16-18-10-9-17(20-16)21-11-3-4-12-21/h5-10,19H,2-4,11-13H2,1H3. The summed E-state index contributed by atoms with van der Waals surface area (Å²) in [4.78, 5) is 11.0. The highest BCUT2D eigenvalue weighted by molar-refractivity contribution is 7.89. The summed E-state index contributed by atoms with van der Waals surface area (Å²) in [6, 6.07) is 8.19. The van der Waals surface area contributed by atoms with Crippen molar-refractivity contribution in [2.24, 2.45) is 0 Å². The van der Waals surface area contributed by atoms with Crippen molar-refractivity contribution in [2.75, 3.05) is 24.6 Å². The van der Waals surface area contributed by atoms with Gasteiger partial charge in [0.25, 0.3) is 0 Å². The number of rotatable bonds is 7. The number of sulfonamides is 1. The maximum Gasteiger partial charge on any atom is 0.240 e. The summed E-state index contributed by atoms with van der Waals surface area (Å²) in [6.45, 7) is 4.43. The number of hydrogen-bond donors (Lipinski definition) is 1. The second kappa shape index (κ2) is 7.79. The molecule has 1 fully saturated rings. The molecule has 25 heavy (non-hydrogen) atoms. The van der Waals surface area contributed by atoms with Crippen molar-refractivity contribution < 1.29 is 13.2 Å². The smallest absolute Gasteiger partial charge is 0.240 e. The molecule has 1 aliphatic rings. The second-order valence-electron chi connectivity index (χ2n) is 5.75. The van der Waals surface area contributed by atoms with E-state index in [2.05, 4.69) is 19.6 Å². The average Bonchev–Trinajstić information content (AvgIpc) is 3.16. The lowest BCUT2D eigenvalue weighted by molar-refractivity contribution is 0.340. The quantitative estimate of drug-likeness (QED) is 0.810. The zero-order valence-corrected chi connectivity index (χ0v) is 15.0. The predicted octanol–water partition coefficient (Wildman–Crippen LogP) is 1.95. The molecule has 0 saturated carbocycles. The van der Waals surface area contributed by atoms with E-state index < -0.39 is 10.0 Å². The lowest BCUT2D eigenvalue weighted by atomic mass is 10.3. The zero-order valence-electron chi connectivity index (χ0n) is 14.2. The van der Waals surface area contributed by atoms with Crippen LogP contribution in [-0.4, -0.2) is 38.1 Å². The van der Waals surface area contributed by atoms with Crippen molar-refractivity contribution in [1.82, 2.24) is 14.7 Å². The van der Waals surface area contributed by atoms with Crippen LogP contribution in [0.3, 0.4) is 0 Å². The molecule has 7 nitrogen and oxygen atoms in total. The van der Waals surface area contributed by atoms with Crippen LogP contribution in [0.5, 0.6) is 5.75 Å². The summed E-state index contributed by atoms with van der Waals surface area (Å²) in [5, 5.41) is 0. The Balaban J connectivity index is 1.66. The van der Waals surface area contributed by atoms with Crippen molar-refractivity contribution in [2.45, 2.75) is 31.2 Å². The molecular formula is C17H22N4O3S. The predicted molar refractivity (Wildman–Crippen MR) is 95.1 cm³/mol. The first-order valence-electron chi connectivity index (χ1n) is 8.38. The Morgan fingerprint density at radius 1 is 1.16 bits per heavy atom. The van der Waals surface area contributed by atoms with Gasteiger partial charge in [-0.1, -0.05) is 0 Å². The van der Waals surface area contributed by atoms with E-state index in [0.717, 1.165) is 31.7 Å². The zero-order chi connectivity index (χ0) is 17.7. The Morgan fingerprint density at radius 3 is 2.56 bits per heavy atom. The van der Waals surface area contributed by atoms with Crippen LogP contribution in [0.2, 0.25) is 0 Å². The molecule has 3 rings (SSSR count). The van der Waals surface area contributed by atoms with Gasteiger partial charge in [-0.05, 0) is 50.1 Å². The lowest BCUT2D eigenvalue weighted by Gasteiger charge is -2.16. The SMILES string of the molecule is CCOc1ccc(S(=O)(=O)NCc2nccc(N3CCCC3)n2)cc1. The lowest BCUT2D eigenvalue weighted by Crippen LogP contribution is -2.25. The highest BCUT2D eigenvalue weighted by Gasteiger charge is 2.16. The van der Waals surface area contributed by atoms with Crippen LogP contribution in [0, 0.1) is 0 Å². The fourth-order valence-electron chi connectivity index (χ4n) is 2.72. The summed E-state index contributed by atoms with van der Waals surface area (Å²) < 4.78 is 32.7. The van der Waals surface area contributed by atoms with E-state index in [1.165, 1.54) is 12.1 Å². The normalized spacial score (nSPS) is 14.7. The fourth-order valence-corrected chi connectivity index (χ4v) is 3.70. The first-order chi connectivity index (χ1) is 12.1. The third-order valence-electron chi connectivity index (χ3n) is 3.99. The maximum absolute atomic E-state index is 12.4. The molecule has 1 aromatic carbocycles. The van der Waals surface area contributed by atoms with Gasteiger partial charge in [0.1, 0.15) is 17.4 Å². The Morgan fingerprint density at radius 2 is 1.88 bits per heavy atom. The molecule has 1 N–H and O–H groups in total. The molecule has 0 unspecified atom stereocenters. The molecule has 1 aliphatic heterocycles. The fraction of sp³-hybridized carbons (Fsp3) is 0.412. The Labute approximate surface area is 148 Å². The Hall–Kier alpha value is -2.19. The molecule has 0 bridgehead atoms. The van der Waals surface area contributed by atoms with E-state index >= 15 is 0 Å². The molecule has 0 amide bonds. The first kappa shape index (κ1) is 17.6. The molecule has 0 aliphatic carbocycles. The third-order valence-corrected chi connectivity index (χ3v) is 5.40. The minimum absolute atomic E-state index is 0.0528. The summed E-state index contributed by atoms with van der Waals surface area (Å²) in [5.41, 5.74) is 0. The van der Waals surface area contributed by atoms with Crippen molar-refractivity contribution >= 4 is 15.8 Å². The van der Waals surface area contributed by atoms with Gasteiger partial charge in [0.2, 0.25) is 10.0 Å². The molecule has 2 aromatic rings. The van der Waals surface area contributed by atoms with Crippen LogP contribution in [0.1, 0.15) is 25.6 Å². The Kier molecular flexibility index (Phi) is 5.50. The molecular weight excluding hydrogens is 340 g/mol. The van der Waals surface area contributed by atoms with Gasteiger partial charge < -0.3 is 9.64 Å². The minimum Gasteiger partial charge on any atom is -0.494 e. The number of aromatic nitrogens is 2. The minimum atomic E-state index is -3.62. The molecule has 0 spiro atoms. The summed E-state index contributed by atoms with van der Waals surface area (Å²) in [7, 11) is -3.62. The van der Waals surface area contributed by atoms with Crippen LogP contribution in [0.25, 0.3) is 0 Å². The van der Waals surface area contributed by atoms with Gasteiger partial charge in [-0.15, -0.1) is 0 Å². The van der Waals surface area contributed by atoms with E-state index in [4.69, 9.17) is 4.74 Å². The van der Waals surface area contributed by atoms with Gasteiger partial charge in [-0.2, -0.15) is 0 Å². The number of benzene rings is 1. The monoisotopic (exact) mass is 362 g/mol. The topological polar surface area (TPSA) is 84.4 Å². The van der Waals surface area contributed by atoms with E-state index in [0.29, 0.717) is 18.2 Å².